The van der Waals surface area contributed by atoms with Crippen LogP contribution in [0.2, 0.25) is 0 Å². The maximum absolute atomic E-state index is 11.7. The van der Waals surface area contributed by atoms with Gasteiger partial charge in [-0.25, -0.2) is 0 Å². The molecule has 0 heterocycles. The maximum atomic E-state index is 11.7. The summed E-state index contributed by atoms with van der Waals surface area (Å²) in [6.45, 7) is -0.284. The van der Waals surface area contributed by atoms with E-state index in [9.17, 15) is 44.1 Å². The molecular formula is C19H31N3O12. The number of carboxylic acid groups (broad SMARTS) is 6. The third kappa shape index (κ3) is 14.0. The van der Waals surface area contributed by atoms with E-state index in [0.717, 1.165) is 0 Å². The summed E-state index contributed by atoms with van der Waals surface area (Å²) in [5, 5.41) is 59.5. The van der Waals surface area contributed by atoms with E-state index in [1.807, 2.05) is 0 Å². The number of nitrogens with one attached hydrogen (secondary N) is 2. The topological polar surface area (TPSA) is 251 Å². The first-order valence-corrected chi connectivity index (χ1v) is 10.4. The fraction of sp³-hybridized carbons (Fsp3) is 0.684. The van der Waals surface area contributed by atoms with Crippen molar-refractivity contribution < 1.29 is 59.4 Å². The van der Waals surface area contributed by atoms with Gasteiger partial charge in [-0.3, -0.25) is 33.7 Å². The van der Waals surface area contributed by atoms with Crippen LogP contribution >= 0.6 is 0 Å². The van der Waals surface area contributed by atoms with Gasteiger partial charge in [0.25, 0.3) is 0 Å². The Morgan fingerprint density at radius 2 is 0.912 bits per heavy atom. The summed E-state index contributed by atoms with van der Waals surface area (Å²) in [7, 11) is 0. The van der Waals surface area contributed by atoms with Crippen LogP contribution in [0.25, 0.3) is 0 Å². The highest BCUT2D eigenvalue weighted by Crippen LogP contribution is 2.09. The molecule has 15 nitrogen and oxygen atoms in total. The minimum Gasteiger partial charge on any atom is -0.481 e. The van der Waals surface area contributed by atoms with Gasteiger partial charge in [-0.2, -0.15) is 0 Å². The summed E-state index contributed by atoms with van der Waals surface area (Å²) in [5.41, 5.74) is 0. The van der Waals surface area contributed by atoms with Gasteiger partial charge in [0, 0.05) is 45.4 Å². The highest BCUT2D eigenvalue weighted by Gasteiger charge is 2.27. The van der Waals surface area contributed by atoms with E-state index in [0.29, 0.717) is 0 Å². The zero-order valence-corrected chi connectivity index (χ0v) is 18.4. The van der Waals surface area contributed by atoms with Gasteiger partial charge in [-0.1, -0.05) is 0 Å². The van der Waals surface area contributed by atoms with Crippen LogP contribution in [0.4, 0.5) is 0 Å². The first-order chi connectivity index (χ1) is 15.8. The van der Waals surface area contributed by atoms with Crippen molar-refractivity contribution in [1.29, 1.82) is 0 Å². The molecule has 0 aromatic heterocycles. The molecule has 194 valence electrons. The van der Waals surface area contributed by atoms with Gasteiger partial charge in [0.15, 0.2) is 0 Å². The van der Waals surface area contributed by atoms with Crippen molar-refractivity contribution in [2.75, 3.05) is 26.2 Å². The molecule has 0 saturated heterocycles. The predicted molar refractivity (Wildman–Crippen MR) is 112 cm³/mol. The highest BCUT2D eigenvalue weighted by atomic mass is 16.4. The molecule has 8 N–H and O–H groups in total. The third-order valence-electron chi connectivity index (χ3n) is 4.83. The zero-order chi connectivity index (χ0) is 26.3. The van der Waals surface area contributed by atoms with Crippen LogP contribution in [0.3, 0.4) is 0 Å². The van der Waals surface area contributed by atoms with Gasteiger partial charge in [-0.05, 0) is 19.3 Å². The lowest BCUT2D eigenvalue weighted by Gasteiger charge is -2.30. The normalized spacial score (nSPS) is 13.7. The Bertz CT molecular complexity index is 687. The van der Waals surface area contributed by atoms with Crippen LogP contribution in [-0.4, -0.2) is 116 Å². The largest absolute Gasteiger partial charge is 0.481 e. The van der Waals surface area contributed by atoms with Crippen LogP contribution in [0.15, 0.2) is 0 Å². The Kier molecular flexibility index (Phi) is 14.7. The first kappa shape index (κ1) is 30.7. The number of nitrogens with zero attached hydrogens (tertiary/aromatic N) is 1. The van der Waals surface area contributed by atoms with E-state index in [4.69, 9.17) is 15.3 Å². The second kappa shape index (κ2) is 16.3. The lowest BCUT2D eigenvalue weighted by Crippen LogP contribution is -2.50. The van der Waals surface area contributed by atoms with Gasteiger partial charge >= 0.3 is 35.8 Å². The molecule has 3 unspecified atom stereocenters. The Labute approximate surface area is 194 Å². The Hall–Kier alpha value is -3.30. The molecule has 15 heteroatoms. The fourth-order valence-corrected chi connectivity index (χ4v) is 3.07. The number of rotatable bonds is 21. The van der Waals surface area contributed by atoms with E-state index in [-0.39, 0.29) is 45.4 Å². The molecule has 0 saturated carbocycles. The second-order valence-electron chi connectivity index (χ2n) is 7.38. The smallest absolute Gasteiger partial charge is 0.320 e. The molecule has 0 fully saturated rings. The van der Waals surface area contributed by atoms with E-state index < -0.39 is 73.2 Å². The minimum atomic E-state index is -1.33. The van der Waals surface area contributed by atoms with Gasteiger partial charge < -0.3 is 41.3 Å². The monoisotopic (exact) mass is 493 g/mol. The number of carboxylic acids is 6. The first-order valence-electron chi connectivity index (χ1n) is 10.4. The van der Waals surface area contributed by atoms with Gasteiger partial charge in [0.05, 0.1) is 0 Å². The molecule has 0 spiro atoms. The summed E-state index contributed by atoms with van der Waals surface area (Å²) in [6, 6.07) is -3.68. The summed E-state index contributed by atoms with van der Waals surface area (Å²) < 4.78 is 0. The Balaban J connectivity index is 5.21. The molecule has 0 radical (unpaired) electrons. The van der Waals surface area contributed by atoms with E-state index in [1.54, 1.807) is 0 Å². The molecule has 0 aliphatic rings. The fourth-order valence-electron chi connectivity index (χ4n) is 3.07. The van der Waals surface area contributed by atoms with Gasteiger partial charge in [0.1, 0.15) is 18.1 Å². The maximum Gasteiger partial charge on any atom is 0.320 e. The lowest BCUT2D eigenvalue weighted by atomic mass is 10.1. The predicted octanol–water partition coefficient (Wildman–Crippen LogP) is -1.58. The minimum absolute atomic E-state index is 0.0675. The number of carbonyl (C=O) groups is 6. The average Bonchev–Trinajstić information content (AvgIpc) is 2.70. The summed E-state index contributed by atoms with van der Waals surface area (Å²) in [4.78, 5) is 67.9. The second-order valence-corrected chi connectivity index (χ2v) is 7.38. The van der Waals surface area contributed by atoms with Crippen molar-refractivity contribution >= 4 is 35.8 Å². The van der Waals surface area contributed by atoms with Crippen molar-refractivity contribution in [1.82, 2.24) is 15.5 Å². The number of hydrogen-bond acceptors (Lipinski definition) is 9. The molecule has 0 bridgehead atoms. The van der Waals surface area contributed by atoms with Gasteiger partial charge in [0.2, 0.25) is 0 Å². The molecule has 0 amide bonds. The van der Waals surface area contributed by atoms with Crippen LogP contribution in [0, 0.1) is 0 Å². The molecule has 0 rings (SSSR count). The highest BCUT2D eigenvalue weighted by molar-refractivity contribution is 5.76. The number of aliphatic carboxylic acids is 6. The van der Waals surface area contributed by atoms with E-state index >= 15 is 0 Å². The quantitative estimate of drug-likeness (QED) is 0.0898. The SMILES string of the molecule is O=C(O)CCC(NCCN(CCNC(CCC(=O)O)C(=O)O)C(CCC(=O)O)C(=O)O)C(=O)O. The molecule has 3 atom stereocenters. The third-order valence-corrected chi connectivity index (χ3v) is 4.83. The van der Waals surface area contributed by atoms with Crippen LogP contribution in [0.5, 0.6) is 0 Å². The standard InChI is InChI=1S/C19H31N3O12/c23-14(24)4-1-11(17(29)30)20-7-9-22(13(19(33)34)3-6-16(27)28)10-8-21-12(18(31)32)2-5-15(25)26/h11-13,20-21H,1-10H2,(H,23,24)(H,25,26)(H,27,28)(H,29,30)(H,31,32)(H,33,34). The molecule has 0 aliphatic carbocycles. The molecule has 34 heavy (non-hydrogen) atoms. The summed E-state index contributed by atoms with van der Waals surface area (Å²) >= 11 is 0. The Morgan fingerprint density at radius 3 is 1.21 bits per heavy atom. The number of hydrogen-bond donors (Lipinski definition) is 8. The summed E-state index contributed by atoms with van der Waals surface area (Å²) in [6.07, 6.45) is -1.95. The molecule has 0 aliphatic heterocycles. The van der Waals surface area contributed by atoms with Crippen LogP contribution in [-0.2, 0) is 28.8 Å². The van der Waals surface area contributed by atoms with Crippen molar-refractivity contribution in [3.8, 4) is 0 Å². The average molecular weight is 493 g/mol. The lowest BCUT2D eigenvalue weighted by molar-refractivity contribution is -0.146. The molecule has 0 aromatic rings. The Morgan fingerprint density at radius 1 is 0.559 bits per heavy atom. The summed E-state index contributed by atoms with van der Waals surface area (Å²) in [5.74, 6) is -7.51. The zero-order valence-electron chi connectivity index (χ0n) is 18.4. The van der Waals surface area contributed by atoms with E-state index in [2.05, 4.69) is 10.6 Å². The van der Waals surface area contributed by atoms with Gasteiger partial charge in [-0.15, -0.1) is 0 Å². The van der Waals surface area contributed by atoms with Crippen molar-refractivity contribution in [2.45, 2.75) is 56.7 Å². The van der Waals surface area contributed by atoms with Crippen LogP contribution < -0.4 is 10.6 Å². The van der Waals surface area contributed by atoms with Crippen molar-refractivity contribution in [3.05, 3.63) is 0 Å². The van der Waals surface area contributed by atoms with E-state index in [1.165, 1.54) is 4.90 Å². The molecular weight excluding hydrogens is 462 g/mol. The van der Waals surface area contributed by atoms with Crippen molar-refractivity contribution in [2.24, 2.45) is 0 Å². The van der Waals surface area contributed by atoms with Crippen LogP contribution in [0.1, 0.15) is 38.5 Å². The van der Waals surface area contributed by atoms with Crippen molar-refractivity contribution in [3.63, 3.8) is 0 Å². The molecule has 0 aromatic carbocycles.